The van der Waals surface area contributed by atoms with Crippen LogP contribution < -0.4 is 5.32 Å². The SMILES string of the molecule is C[C@H](NC(=O)CCCN1C(=O)CN(C)C1=O)c1ccc(-n2ccnc2)cc1. The van der Waals surface area contributed by atoms with Crippen molar-refractivity contribution in [1.29, 1.82) is 0 Å². The Morgan fingerprint density at radius 3 is 2.59 bits per heavy atom. The number of hydrogen-bond acceptors (Lipinski definition) is 4. The van der Waals surface area contributed by atoms with Crippen LogP contribution in [0.25, 0.3) is 5.69 Å². The van der Waals surface area contributed by atoms with Crippen molar-refractivity contribution in [3.63, 3.8) is 0 Å². The van der Waals surface area contributed by atoms with Gasteiger partial charge in [-0.3, -0.25) is 14.5 Å². The Morgan fingerprint density at radius 1 is 1.26 bits per heavy atom. The molecule has 1 aromatic heterocycles. The molecule has 1 aliphatic rings. The third-order valence-corrected chi connectivity index (χ3v) is 4.59. The summed E-state index contributed by atoms with van der Waals surface area (Å²) in [5.74, 6) is -0.317. The molecule has 0 unspecified atom stereocenters. The summed E-state index contributed by atoms with van der Waals surface area (Å²) in [5.41, 5.74) is 2.00. The number of aromatic nitrogens is 2. The maximum absolute atomic E-state index is 12.2. The Labute approximate surface area is 157 Å². The van der Waals surface area contributed by atoms with Crippen molar-refractivity contribution in [1.82, 2.24) is 24.7 Å². The third-order valence-electron chi connectivity index (χ3n) is 4.59. The van der Waals surface area contributed by atoms with Crippen molar-refractivity contribution >= 4 is 17.8 Å². The predicted molar refractivity (Wildman–Crippen MR) is 99.1 cm³/mol. The molecule has 0 aliphatic carbocycles. The van der Waals surface area contributed by atoms with E-state index in [4.69, 9.17) is 0 Å². The molecule has 1 atom stereocenters. The molecule has 0 bridgehead atoms. The quantitative estimate of drug-likeness (QED) is 0.753. The van der Waals surface area contributed by atoms with Gasteiger partial charge in [0.15, 0.2) is 0 Å². The lowest BCUT2D eigenvalue weighted by Gasteiger charge is -2.16. The first-order chi connectivity index (χ1) is 13.0. The molecule has 0 saturated carbocycles. The van der Waals surface area contributed by atoms with Gasteiger partial charge in [0.25, 0.3) is 0 Å². The molecule has 2 aromatic rings. The second-order valence-electron chi connectivity index (χ2n) is 6.64. The number of imidazole rings is 1. The minimum atomic E-state index is -0.299. The van der Waals surface area contributed by atoms with Gasteiger partial charge in [0.05, 0.1) is 12.4 Å². The number of amides is 4. The van der Waals surface area contributed by atoms with E-state index in [1.165, 1.54) is 9.80 Å². The van der Waals surface area contributed by atoms with Crippen LogP contribution in [0.1, 0.15) is 31.4 Å². The van der Waals surface area contributed by atoms with E-state index in [2.05, 4.69) is 10.3 Å². The highest BCUT2D eigenvalue weighted by Crippen LogP contribution is 2.16. The van der Waals surface area contributed by atoms with E-state index in [1.807, 2.05) is 42.0 Å². The van der Waals surface area contributed by atoms with Crippen molar-refractivity contribution in [2.75, 3.05) is 20.1 Å². The van der Waals surface area contributed by atoms with Gasteiger partial charge in [-0.25, -0.2) is 9.78 Å². The third kappa shape index (κ3) is 4.33. The molecule has 3 rings (SSSR count). The zero-order valence-electron chi connectivity index (χ0n) is 15.5. The first-order valence-corrected chi connectivity index (χ1v) is 8.89. The average molecular weight is 369 g/mol. The van der Waals surface area contributed by atoms with Crippen molar-refractivity contribution in [2.24, 2.45) is 0 Å². The average Bonchev–Trinajstić information content (AvgIpc) is 3.26. The number of rotatable bonds is 7. The topological polar surface area (TPSA) is 87.5 Å². The van der Waals surface area contributed by atoms with Gasteiger partial charge in [-0.1, -0.05) is 12.1 Å². The normalized spacial score (nSPS) is 15.3. The first-order valence-electron chi connectivity index (χ1n) is 8.89. The number of hydrogen-bond donors (Lipinski definition) is 1. The highest BCUT2D eigenvalue weighted by atomic mass is 16.2. The lowest BCUT2D eigenvalue weighted by atomic mass is 10.1. The summed E-state index contributed by atoms with van der Waals surface area (Å²) < 4.78 is 1.91. The van der Waals surface area contributed by atoms with Crippen LogP contribution in [0.3, 0.4) is 0 Å². The van der Waals surface area contributed by atoms with Crippen LogP contribution >= 0.6 is 0 Å². The second-order valence-corrected chi connectivity index (χ2v) is 6.64. The van der Waals surface area contributed by atoms with Crippen LogP contribution in [0.2, 0.25) is 0 Å². The van der Waals surface area contributed by atoms with E-state index in [0.717, 1.165) is 11.3 Å². The maximum atomic E-state index is 12.2. The van der Waals surface area contributed by atoms with Gasteiger partial charge in [0.2, 0.25) is 11.8 Å². The summed E-state index contributed by atoms with van der Waals surface area (Å²) in [6.45, 7) is 2.30. The summed E-state index contributed by atoms with van der Waals surface area (Å²) in [6.07, 6.45) is 6.03. The number of urea groups is 1. The molecular weight excluding hydrogens is 346 g/mol. The summed E-state index contributed by atoms with van der Waals surface area (Å²) >= 11 is 0. The smallest absolute Gasteiger partial charge is 0.326 e. The molecular formula is C19H23N5O3. The summed E-state index contributed by atoms with van der Waals surface area (Å²) in [6, 6.07) is 7.46. The number of imide groups is 1. The molecule has 0 radical (unpaired) electrons. The minimum Gasteiger partial charge on any atom is -0.350 e. The fourth-order valence-corrected chi connectivity index (χ4v) is 3.03. The van der Waals surface area contributed by atoms with Gasteiger partial charge < -0.3 is 14.8 Å². The zero-order valence-corrected chi connectivity index (χ0v) is 15.5. The van der Waals surface area contributed by atoms with E-state index in [0.29, 0.717) is 6.42 Å². The summed E-state index contributed by atoms with van der Waals surface area (Å²) in [7, 11) is 1.59. The monoisotopic (exact) mass is 369 g/mol. The predicted octanol–water partition coefficient (Wildman–Crippen LogP) is 1.72. The van der Waals surface area contributed by atoms with Crippen LogP contribution in [0.4, 0.5) is 4.79 Å². The van der Waals surface area contributed by atoms with E-state index >= 15 is 0 Å². The number of likely N-dealkylation sites (N-methyl/N-ethyl adjacent to an activating group) is 1. The highest BCUT2D eigenvalue weighted by Gasteiger charge is 2.32. The Bertz CT molecular complexity index is 816. The molecule has 0 spiro atoms. The Kier molecular flexibility index (Phi) is 5.54. The molecule has 8 heteroatoms. The van der Waals surface area contributed by atoms with Gasteiger partial charge in [0, 0.05) is 38.1 Å². The molecule has 2 heterocycles. The molecule has 4 amide bonds. The lowest BCUT2D eigenvalue weighted by Crippen LogP contribution is -2.33. The Hall–Kier alpha value is -3.16. The Morgan fingerprint density at radius 2 is 2.00 bits per heavy atom. The van der Waals surface area contributed by atoms with E-state index in [9.17, 15) is 14.4 Å². The van der Waals surface area contributed by atoms with Crippen LogP contribution in [0, 0.1) is 0 Å². The van der Waals surface area contributed by atoms with Gasteiger partial charge in [-0.05, 0) is 31.0 Å². The molecule has 1 fully saturated rings. The van der Waals surface area contributed by atoms with Crippen LogP contribution in [-0.2, 0) is 9.59 Å². The van der Waals surface area contributed by atoms with Gasteiger partial charge >= 0.3 is 6.03 Å². The van der Waals surface area contributed by atoms with Crippen molar-refractivity contribution < 1.29 is 14.4 Å². The highest BCUT2D eigenvalue weighted by molar-refractivity contribution is 6.01. The number of carbonyl (C=O) groups is 3. The van der Waals surface area contributed by atoms with Crippen molar-refractivity contribution in [2.45, 2.75) is 25.8 Å². The standard InChI is InChI=1S/C19H23N5O3/c1-14(15-5-7-16(8-6-15)23-11-9-20-13-23)21-17(25)4-3-10-24-18(26)12-22(2)19(24)27/h5-9,11,13-14H,3-4,10,12H2,1-2H3,(H,21,25)/t14-/m0/s1. The molecule has 1 N–H and O–H groups in total. The molecule has 1 saturated heterocycles. The molecule has 27 heavy (non-hydrogen) atoms. The molecule has 142 valence electrons. The molecule has 1 aliphatic heterocycles. The fraction of sp³-hybridized carbons (Fsp3) is 0.368. The van der Waals surface area contributed by atoms with Crippen molar-refractivity contribution in [3.05, 3.63) is 48.5 Å². The largest absolute Gasteiger partial charge is 0.350 e. The fourth-order valence-electron chi connectivity index (χ4n) is 3.03. The van der Waals surface area contributed by atoms with E-state index in [-0.39, 0.29) is 43.4 Å². The number of carbonyl (C=O) groups excluding carboxylic acids is 3. The summed E-state index contributed by atoms with van der Waals surface area (Å²) in [5, 5.41) is 2.95. The lowest BCUT2D eigenvalue weighted by molar-refractivity contribution is -0.126. The Balaban J connectivity index is 1.46. The molecule has 8 nitrogen and oxygen atoms in total. The van der Waals surface area contributed by atoms with Crippen LogP contribution in [-0.4, -0.2) is 57.3 Å². The maximum Gasteiger partial charge on any atom is 0.326 e. The van der Waals surface area contributed by atoms with Crippen molar-refractivity contribution in [3.8, 4) is 5.69 Å². The van der Waals surface area contributed by atoms with Gasteiger partial charge in [0.1, 0.15) is 6.54 Å². The minimum absolute atomic E-state index is 0.103. The van der Waals surface area contributed by atoms with Crippen LogP contribution in [0.15, 0.2) is 43.0 Å². The van der Waals surface area contributed by atoms with E-state index < -0.39 is 0 Å². The van der Waals surface area contributed by atoms with Gasteiger partial charge in [-0.15, -0.1) is 0 Å². The first kappa shape index (κ1) is 18.6. The van der Waals surface area contributed by atoms with E-state index in [1.54, 1.807) is 19.6 Å². The van der Waals surface area contributed by atoms with Gasteiger partial charge in [-0.2, -0.15) is 0 Å². The van der Waals surface area contributed by atoms with Crippen LogP contribution in [0.5, 0.6) is 0 Å². The summed E-state index contributed by atoms with van der Waals surface area (Å²) in [4.78, 5) is 42.3. The number of nitrogens with zero attached hydrogens (tertiary/aromatic N) is 4. The number of benzene rings is 1. The second kappa shape index (κ2) is 8.03. The number of nitrogens with one attached hydrogen (secondary N) is 1. The zero-order chi connectivity index (χ0) is 19.4. The molecule has 1 aromatic carbocycles.